The van der Waals surface area contributed by atoms with E-state index in [1.165, 1.54) is 30.1 Å². The number of benzene rings is 1. The van der Waals surface area contributed by atoms with Crippen LogP contribution in [-0.4, -0.2) is 39.4 Å². The van der Waals surface area contributed by atoms with Crippen LogP contribution in [0.3, 0.4) is 0 Å². The molecule has 0 bridgehead atoms. The standard InChI is InChI=1S/C16H19NO4S2/c1-17(11-6-9-13-7-4-3-5-8-13)23(19,20)14-10-12-22-15(14)16(18)21-2/h3-5,7-8,10,12H,6,9,11H2,1-2H3. The van der Waals surface area contributed by atoms with Gasteiger partial charge in [-0.1, -0.05) is 30.3 Å². The van der Waals surface area contributed by atoms with Gasteiger partial charge in [-0.2, -0.15) is 0 Å². The highest BCUT2D eigenvalue weighted by molar-refractivity contribution is 7.89. The van der Waals surface area contributed by atoms with Crippen LogP contribution in [0, 0.1) is 0 Å². The van der Waals surface area contributed by atoms with Gasteiger partial charge < -0.3 is 4.74 Å². The van der Waals surface area contributed by atoms with Gasteiger partial charge in [-0.15, -0.1) is 11.3 Å². The van der Waals surface area contributed by atoms with Crippen LogP contribution >= 0.6 is 11.3 Å². The van der Waals surface area contributed by atoms with Crippen LogP contribution in [-0.2, 0) is 21.2 Å². The topological polar surface area (TPSA) is 63.7 Å². The van der Waals surface area contributed by atoms with Crippen molar-refractivity contribution >= 4 is 27.3 Å². The van der Waals surface area contributed by atoms with Gasteiger partial charge in [-0.3, -0.25) is 0 Å². The minimum absolute atomic E-state index is 0.0107. The van der Waals surface area contributed by atoms with E-state index in [1.54, 1.807) is 5.38 Å². The molecule has 0 radical (unpaired) electrons. The van der Waals surface area contributed by atoms with E-state index in [0.717, 1.165) is 17.8 Å². The zero-order valence-corrected chi connectivity index (χ0v) is 14.7. The number of hydrogen-bond donors (Lipinski definition) is 0. The van der Waals surface area contributed by atoms with Gasteiger partial charge in [0.05, 0.1) is 7.11 Å². The molecule has 0 saturated carbocycles. The molecule has 0 aliphatic heterocycles. The third kappa shape index (κ3) is 4.19. The highest BCUT2D eigenvalue weighted by atomic mass is 32.2. The first-order valence-corrected chi connectivity index (χ1v) is 9.45. The van der Waals surface area contributed by atoms with E-state index in [4.69, 9.17) is 0 Å². The van der Waals surface area contributed by atoms with E-state index in [0.29, 0.717) is 13.0 Å². The van der Waals surface area contributed by atoms with Crippen molar-refractivity contribution in [3.8, 4) is 0 Å². The highest BCUT2D eigenvalue weighted by Crippen LogP contribution is 2.25. The molecule has 2 rings (SSSR count). The van der Waals surface area contributed by atoms with Gasteiger partial charge >= 0.3 is 5.97 Å². The fourth-order valence-corrected chi connectivity index (χ4v) is 4.69. The number of rotatable bonds is 7. The van der Waals surface area contributed by atoms with Gasteiger partial charge in [-0.25, -0.2) is 17.5 Å². The number of hydrogen-bond acceptors (Lipinski definition) is 5. The zero-order valence-electron chi connectivity index (χ0n) is 13.1. The van der Waals surface area contributed by atoms with E-state index in [9.17, 15) is 13.2 Å². The first-order chi connectivity index (χ1) is 11.0. The molecular weight excluding hydrogens is 334 g/mol. The van der Waals surface area contributed by atoms with E-state index in [-0.39, 0.29) is 9.77 Å². The quantitative estimate of drug-likeness (QED) is 0.718. The normalized spacial score (nSPS) is 11.6. The molecule has 1 aromatic heterocycles. The highest BCUT2D eigenvalue weighted by Gasteiger charge is 2.28. The lowest BCUT2D eigenvalue weighted by molar-refractivity contribution is 0.0602. The molecule has 0 aliphatic carbocycles. The summed E-state index contributed by atoms with van der Waals surface area (Å²) in [5, 5.41) is 1.58. The lowest BCUT2D eigenvalue weighted by Crippen LogP contribution is -2.29. The summed E-state index contributed by atoms with van der Waals surface area (Å²) < 4.78 is 31.1. The largest absolute Gasteiger partial charge is 0.465 e. The van der Waals surface area contributed by atoms with Gasteiger partial charge in [-0.05, 0) is 29.9 Å². The number of thiophene rings is 1. The summed E-state index contributed by atoms with van der Waals surface area (Å²) in [5.41, 5.74) is 1.17. The van der Waals surface area contributed by atoms with Crippen molar-refractivity contribution in [1.82, 2.24) is 4.31 Å². The summed E-state index contributed by atoms with van der Waals surface area (Å²) in [7, 11) is -0.928. The van der Waals surface area contributed by atoms with Gasteiger partial charge in [0, 0.05) is 13.6 Å². The van der Waals surface area contributed by atoms with Crippen molar-refractivity contribution in [2.75, 3.05) is 20.7 Å². The molecule has 1 heterocycles. The number of esters is 1. The van der Waals surface area contributed by atoms with E-state index >= 15 is 0 Å². The Labute approximate surface area is 140 Å². The third-order valence-electron chi connectivity index (χ3n) is 3.47. The predicted octanol–water partition coefficient (Wildman–Crippen LogP) is 2.79. The Kier molecular flexibility index (Phi) is 5.92. The maximum absolute atomic E-state index is 12.6. The average molecular weight is 353 g/mol. The molecule has 7 heteroatoms. The number of sulfonamides is 1. The van der Waals surface area contributed by atoms with Crippen molar-refractivity contribution in [3.05, 3.63) is 52.2 Å². The molecule has 0 N–H and O–H groups in total. The van der Waals surface area contributed by atoms with E-state index in [2.05, 4.69) is 4.74 Å². The Balaban J connectivity index is 2.04. The second-order valence-electron chi connectivity index (χ2n) is 5.02. The lowest BCUT2D eigenvalue weighted by Gasteiger charge is -2.17. The SMILES string of the molecule is COC(=O)c1sccc1S(=O)(=O)N(C)CCCc1ccccc1. The number of aryl methyl sites for hydroxylation is 1. The Morgan fingerprint density at radius 1 is 1.22 bits per heavy atom. The number of ether oxygens (including phenoxy) is 1. The van der Waals surface area contributed by atoms with Crippen molar-refractivity contribution in [3.63, 3.8) is 0 Å². The minimum Gasteiger partial charge on any atom is -0.465 e. The number of nitrogens with zero attached hydrogens (tertiary/aromatic N) is 1. The molecule has 2 aromatic rings. The third-order valence-corrected chi connectivity index (χ3v) is 6.39. The second-order valence-corrected chi connectivity index (χ2v) is 7.95. The molecule has 0 unspecified atom stereocenters. The Hall–Kier alpha value is -1.70. The van der Waals surface area contributed by atoms with Crippen LogP contribution in [0.4, 0.5) is 0 Å². The number of carbonyl (C=O) groups is 1. The maximum atomic E-state index is 12.6. The Bertz CT molecular complexity index is 753. The number of carbonyl (C=O) groups excluding carboxylic acids is 1. The molecule has 0 spiro atoms. The van der Waals surface area contributed by atoms with Gasteiger partial charge in [0.25, 0.3) is 0 Å². The molecule has 1 aromatic carbocycles. The first-order valence-electron chi connectivity index (χ1n) is 7.13. The molecule has 23 heavy (non-hydrogen) atoms. The Morgan fingerprint density at radius 2 is 1.91 bits per heavy atom. The van der Waals surface area contributed by atoms with Crippen LogP contribution in [0.5, 0.6) is 0 Å². The summed E-state index contributed by atoms with van der Waals surface area (Å²) in [6.45, 7) is 0.383. The molecule has 0 fully saturated rings. The maximum Gasteiger partial charge on any atom is 0.349 e. The summed E-state index contributed by atoms with van der Waals surface area (Å²) in [6.07, 6.45) is 1.51. The van der Waals surface area contributed by atoms with Crippen molar-refractivity contribution in [1.29, 1.82) is 0 Å². The molecule has 0 saturated heterocycles. The molecule has 5 nitrogen and oxygen atoms in total. The summed E-state index contributed by atoms with van der Waals surface area (Å²) in [5.74, 6) is -0.628. The van der Waals surface area contributed by atoms with Crippen LogP contribution in [0.25, 0.3) is 0 Å². The van der Waals surface area contributed by atoms with Gasteiger partial charge in [0.2, 0.25) is 10.0 Å². The predicted molar refractivity (Wildman–Crippen MR) is 90.2 cm³/mol. The van der Waals surface area contributed by atoms with Crippen molar-refractivity contribution in [2.24, 2.45) is 0 Å². The fourth-order valence-electron chi connectivity index (χ4n) is 2.18. The van der Waals surface area contributed by atoms with Crippen molar-refractivity contribution in [2.45, 2.75) is 17.7 Å². The molecule has 124 valence electrons. The van der Waals surface area contributed by atoms with Crippen LogP contribution in [0.1, 0.15) is 21.7 Å². The van der Waals surface area contributed by atoms with E-state index in [1.807, 2.05) is 30.3 Å². The van der Waals surface area contributed by atoms with Gasteiger partial charge in [0.15, 0.2) is 0 Å². The van der Waals surface area contributed by atoms with Gasteiger partial charge in [0.1, 0.15) is 9.77 Å². The average Bonchev–Trinajstić information content (AvgIpc) is 3.05. The summed E-state index contributed by atoms with van der Waals surface area (Å²) in [6, 6.07) is 11.4. The fraction of sp³-hybridized carbons (Fsp3) is 0.312. The zero-order chi connectivity index (χ0) is 16.9. The monoisotopic (exact) mass is 353 g/mol. The first kappa shape index (κ1) is 17.7. The second kappa shape index (κ2) is 7.72. The molecule has 0 aliphatic rings. The van der Waals surface area contributed by atoms with Crippen LogP contribution in [0.2, 0.25) is 0 Å². The van der Waals surface area contributed by atoms with E-state index < -0.39 is 16.0 Å². The smallest absolute Gasteiger partial charge is 0.349 e. The van der Waals surface area contributed by atoms with Crippen LogP contribution in [0.15, 0.2) is 46.7 Å². The molecular formula is C16H19NO4S2. The molecule has 0 atom stereocenters. The molecule has 0 amide bonds. The Morgan fingerprint density at radius 3 is 2.57 bits per heavy atom. The number of methoxy groups -OCH3 is 1. The summed E-state index contributed by atoms with van der Waals surface area (Å²) >= 11 is 1.07. The lowest BCUT2D eigenvalue weighted by atomic mass is 10.1. The van der Waals surface area contributed by atoms with Crippen molar-refractivity contribution < 1.29 is 17.9 Å². The minimum atomic E-state index is -3.69. The summed E-state index contributed by atoms with van der Waals surface area (Å²) in [4.78, 5) is 11.8. The van der Waals surface area contributed by atoms with Crippen LogP contribution < -0.4 is 0 Å².